The number of ether oxygens (including phenoxy) is 3. The van der Waals surface area contributed by atoms with Crippen LogP contribution in [0.1, 0.15) is 34.7 Å². The number of aromatic nitrogens is 2. The summed E-state index contributed by atoms with van der Waals surface area (Å²) in [5, 5.41) is 22.3. The van der Waals surface area contributed by atoms with Gasteiger partial charge >= 0.3 is 5.69 Å². The zero-order chi connectivity index (χ0) is 30.8. The van der Waals surface area contributed by atoms with E-state index in [-0.39, 0.29) is 13.0 Å². The average Bonchev–Trinajstić information content (AvgIpc) is 3.29. The second kappa shape index (κ2) is 12.0. The van der Waals surface area contributed by atoms with E-state index < -0.39 is 41.0 Å². The first-order chi connectivity index (χ1) is 20.7. The molecule has 1 heterocycles. The molecule has 9 heteroatoms. The number of nitrogens with zero attached hydrogens (tertiary/aromatic N) is 1. The van der Waals surface area contributed by atoms with Gasteiger partial charge in [-0.1, -0.05) is 61.2 Å². The Morgan fingerprint density at radius 2 is 1.47 bits per heavy atom. The van der Waals surface area contributed by atoms with Crippen LogP contribution in [-0.4, -0.2) is 53.3 Å². The Hall–Kier alpha value is -4.44. The molecular weight excluding hydrogens is 548 g/mol. The molecule has 4 aromatic rings. The number of nitrogens with one attached hydrogen (secondary N) is 1. The molecule has 9 nitrogen and oxygen atoms in total. The second-order valence-electron chi connectivity index (χ2n) is 10.9. The van der Waals surface area contributed by atoms with Gasteiger partial charge in [0.25, 0.3) is 5.56 Å². The van der Waals surface area contributed by atoms with Crippen molar-refractivity contribution in [1.29, 1.82) is 0 Å². The maximum atomic E-state index is 12.8. The van der Waals surface area contributed by atoms with Crippen molar-refractivity contribution >= 4 is 0 Å². The largest absolute Gasteiger partial charge is 0.497 e. The maximum absolute atomic E-state index is 12.8. The van der Waals surface area contributed by atoms with Crippen molar-refractivity contribution in [3.8, 4) is 11.5 Å². The number of rotatable bonds is 10. The molecule has 0 unspecified atom stereocenters. The summed E-state index contributed by atoms with van der Waals surface area (Å²) < 4.78 is 19.2. The number of hydrogen-bond acceptors (Lipinski definition) is 7. The third-order valence-corrected chi connectivity index (χ3v) is 8.61. The van der Waals surface area contributed by atoms with Crippen molar-refractivity contribution < 1.29 is 24.4 Å². The minimum absolute atomic E-state index is 0.109. The van der Waals surface area contributed by atoms with Gasteiger partial charge in [0.1, 0.15) is 17.1 Å². The molecule has 1 fully saturated rings. The fraction of sp³-hybridized carbons (Fsp3) is 0.294. The lowest BCUT2D eigenvalue weighted by Crippen LogP contribution is -2.44. The van der Waals surface area contributed by atoms with Gasteiger partial charge in [-0.3, -0.25) is 14.3 Å². The van der Waals surface area contributed by atoms with Gasteiger partial charge in [-0.2, -0.15) is 0 Å². The van der Waals surface area contributed by atoms with E-state index in [9.17, 15) is 19.8 Å². The van der Waals surface area contributed by atoms with E-state index in [0.29, 0.717) is 22.6 Å². The molecule has 43 heavy (non-hydrogen) atoms. The van der Waals surface area contributed by atoms with Crippen LogP contribution in [0.2, 0.25) is 0 Å². The van der Waals surface area contributed by atoms with Crippen molar-refractivity contribution in [3.63, 3.8) is 0 Å². The van der Waals surface area contributed by atoms with Crippen LogP contribution in [0.5, 0.6) is 11.5 Å². The molecule has 3 N–H and O–H groups in total. The first-order valence-corrected chi connectivity index (χ1v) is 14.0. The number of H-pyrrole nitrogens is 1. The van der Waals surface area contributed by atoms with Gasteiger partial charge in [0.15, 0.2) is 0 Å². The third kappa shape index (κ3) is 5.20. The Bertz CT molecular complexity index is 1650. The SMILES string of the molecule is C=C1[C@@H](n2cc(C)c(=O)[nH]c2=O)C[C@H](O)[C@@]1(CO)COC(c1ccccc1)(c1ccc(OC)cc1)c1ccc(OC)cc1. The number of methoxy groups -OCH3 is 2. The molecule has 0 saturated heterocycles. The van der Waals surface area contributed by atoms with Crippen molar-refractivity contribution in [2.24, 2.45) is 5.41 Å². The van der Waals surface area contributed by atoms with Crippen LogP contribution in [0.15, 0.2) is 107 Å². The van der Waals surface area contributed by atoms with Gasteiger partial charge < -0.3 is 24.4 Å². The number of aryl methyl sites for hydroxylation is 1. The standard InChI is InChI=1S/C34H36N2O7/c1-22-19-36(32(40)35-31(22)39)29-18-30(38)33(20-37,23(29)2)21-43-34(24-8-6-5-7-9-24,25-10-14-27(41-3)15-11-25)26-12-16-28(42-4)17-13-26/h5-17,19,29-30,37-38H,2,18,20-21H2,1,3-4H3,(H,35,39,40)/t29-,30-,33-/m0/s1. The Labute approximate surface area is 249 Å². The van der Waals surface area contributed by atoms with Crippen LogP contribution in [0.4, 0.5) is 0 Å². The fourth-order valence-electron chi connectivity index (χ4n) is 5.98. The molecule has 0 bridgehead atoms. The number of aliphatic hydroxyl groups is 2. The highest BCUT2D eigenvalue weighted by Gasteiger charge is 2.52. The van der Waals surface area contributed by atoms with E-state index in [1.54, 1.807) is 21.1 Å². The topological polar surface area (TPSA) is 123 Å². The second-order valence-corrected chi connectivity index (χ2v) is 10.9. The van der Waals surface area contributed by atoms with Gasteiger partial charge in [0, 0.05) is 11.8 Å². The lowest BCUT2D eigenvalue weighted by atomic mass is 9.78. The summed E-state index contributed by atoms with van der Waals surface area (Å²) in [5.41, 5.74) is -0.407. The summed E-state index contributed by atoms with van der Waals surface area (Å²) in [7, 11) is 3.20. The summed E-state index contributed by atoms with van der Waals surface area (Å²) >= 11 is 0. The van der Waals surface area contributed by atoms with Gasteiger partial charge in [-0.15, -0.1) is 0 Å². The Morgan fingerprint density at radius 1 is 0.930 bits per heavy atom. The quantitative estimate of drug-likeness (QED) is 0.192. The molecule has 1 aliphatic carbocycles. The summed E-state index contributed by atoms with van der Waals surface area (Å²) in [4.78, 5) is 27.1. The van der Waals surface area contributed by atoms with Gasteiger partial charge in [-0.05, 0) is 59.9 Å². The molecular formula is C34H36N2O7. The number of benzene rings is 3. The van der Waals surface area contributed by atoms with Crippen molar-refractivity contribution in [2.75, 3.05) is 27.4 Å². The summed E-state index contributed by atoms with van der Waals surface area (Å²) in [6.07, 6.45) is 0.479. The average molecular weight is 585 g/mol. The molecule has 0 radical (unpaired) electrons. The summed E-state index contributed by atoms with van der Waals surface area (Å²) in [5.74, 6) is 1.35. The monoisotopic (exact) mass is 584 g/mol. The highest BCUT2D eigenvalue weighted by molar-refractivity contribution is 5.50. The molecule has 0 aliphatic heterocycles. The van der Waals surface area contributed by atoms with Crippen molar-refractivity contribution in [3.05, 3.63) is 140 Å². The van der Waals surface area contributed by atoms with Gasteiger partial charge in [0.05, 0.1) is 45.0 Å². The Kier molecular flexibility index (Phi) is 8.41. The molecule has 3 aromatic carbocycles. The number of hydrogen-bond donors (Lipinski definition) is 3. The predicted molar refractivity (Wildman–Crippen MR) is 163 cm³/mol. The van der Waals surface area contributed by atoms with E-state index in [2.05, 4.69) is 11.6 Å². The third-order valence-electron chi connectivity index (χ3n) is 8.61. The Morgan fingerprint density at radius 3 is 1.98 bits per heavy atom. The van der Waals surface area contributed by atoms with E-state index in [0.717, 1.165) is 16.7 Å². The lowest BCUT2D eigenvalue weighted by molar-refractivity contribution is -0.0808. The van der Waals surface area contributed by atoms with Crippen LogP contribution in [0.3, 0.4) is 0 Å². The predicted octanol–water partition coefficient (Wildman–Crippen LogP) is 3.71. The van der Waals surface area contributed by atoms with Gasteiger partial charge in [-0.25, -0.2) is 4.79 Å². The van der Waals surface area contributed by atoms with Crippen LogP contribution in [0.25, 0.3) is 0 Å². The van der Waals surface area contributed by atoms with E-state index in [4.69, 9.17) is 14.2 Å². The van der Waals surface area contributed by atoms with Crippen molar-refractivity contribution in [2.45, 2.75) is 31.1 Å². The highest BCUT2D eigenvalue weighted by atomic mass is 16.5. The smallest absolute Gasteiger partial charge is 0.328 e. The molecule has 224 valence electrons. The van der Waals surface area contributed by atoms with Gasteiger partial charge in [0.2, 0.25) is 0 Å². The molecule has 5 rings (SSSR count). The fourth-order valence-corrected chi connectivity index (χ4v) is 5.98. The van der Waals surface area contributed by atoms with E-state index in [1.807, 2.05) is 78.9 Å². The normalized spacial score (nSPS) is 20.3. The zero-order valence-electron chi connectivity index (χ0n) is 24.4. The van der Waals surface area contributed by atoms with E-state index >= 15 is 0 Å². The minimum Gasteiger partial charge on any atom is -0.497 e. The molecule has 0 amide bonds. The molecule has 1 aromatic heterocycles. The molecule has 0 spiro atoms. The first-order valence-electron chi connectivity index (χ1n) is 14.0. The van der Waals surface area contributed by atoms with Crippen LogP contribution >= 0.6 is 0 Å². The highest BCUT2D eigenvalue weighted by Crippen LogP contribution is 2.50. The number of aliphatic hydroxyl groups excluding tert-OH is 2. The molecule has 1 saturated carbocycles. The van der Waals surface area contributed by atoms with Crippen LogP contribution in [0, 0.1) is 12.3 Å². The lowest BCUT2D eigenvalue weighted by Gasteiger charge is -2.41. The zero-order valence-corrected chi connectivity index (χ0v) is 24.4. The molecule has 3 atom stereocenters. The van der Waals surface area contributed by atoms with Crippen molar-refractivity contribution in [1.82, 2.24) is 9.55 Å². The Balaban J connectivity index is 1.64. The first kappa shape index (κ1) is 30.0. The molecule has 1 aliphatic rings. The summed E-state index contributed by atoms with van der Waals surface area (Å²) in [6, 6.07) is 24.1. The summed E-state index contributed by atoms with van der Waals surface area (Å²) in [6.45, 7) is 5.25. The van der Waals surface area contributed by atoms with E-state index in [1.165, 1.54) is 10.8 Å². The number of aromatic amines is 1. The minimum atomic E-state index is -1.31. The van der Waals surface area contributed by atoms with Crippen LogP contribution < -0.4 is 20.7 Å². The maximum Gasteiger partial charge on any atom is 0.328 e. The van der Waals surface area contributed by atoms with Crippen LogP contribution in [-0.2, 0) is 10.3 Å².